The highest BCUT2D eigenvalue weighted by Crippen LogP contribution is 2.43. The molecule has 0 saturated carbocycles. The maximum Gasteiger partial charge on any atom is 0.296 e. The highest BCUT2D eigenvalue weighted by Gasteiger charge is 2.26. The molecule has 8 rings (SSSR count). The third-order valence-electron chi connectivity index (χ3n) is 11.4. The standard InChI is InChI=1S/C49H41N9O14S4/c1-27-16-35(11-14-40(27)53-51-34-12-15-41(28(2)17-34)54-57-44-25-39-32(22-46(44)75(66,67)68)21-37(73(60,61)62)24-45(39)74(63,64)65)52-55-42-18-30(4)43(19-29(42)3)56-58-48-47(76(69,70)71)23-31-20-33(10-13-38(31)49(48)59)50-26-72-36-8-6-5-7-9-36/h5-25,50,59H,26H2,1-4H3,(H,60,61,62)(H,63,64,65)(H,66,67,68)(H,69,70,71). The number of anilines is 1. The Morgan fingerprint density at radius 2 is 0.934 bits per heavy atom. The van der Waals surface area contributed by atoms with E-state index in [1.165, 1.54) is 18.2 Å². The van der Waals surface area contributed by atoms with Crippen molar-refractivity contribution in [3.05, 3.63) is 150 Å². The summed E-state index contributed by atoms with van der Waals surface area (Å²) in [5.41, 5.74) is 4.27. The van der Waals surface area contributed by atoms with E-state index in [9.17, 15) is 57.0 Å². The highest BCUT2D eigenvalue weighted by atomic mass is 32.2. The second kappa shape index (κ2) is 21.2. The van der Waals surface area contributed by atoms with Crippen molar-refractivity contribution in [2.75, 3.05) is 12.0 Å². The minimum absolute atomic E-state index is 0.101. The van der Waals surface area contributed by atoms with Crippen molar-refractivity contribution in [2.24, 2.45) is 40.9 Å². The molecule has 0 amide bonds. The maximum absolute atomic E-state index is 12.6. The molecule has 0 saturated heterocycles. The van der Waals surface area contributed by atoms with Gasteiger partial charge in [0.15, 0.2) is 12.5 Å². The molecule has 76 heavy (non-hydrogen) atoms. The maximum atomic E-state index is 12.6. The average Bonchev–Trinajstić information content (AvgIpc) is 3.34. The number of phenols is 1. The van der Waals surface area contributed by atoms with Crippen molar-refractivity contribution < 1.29 is 61.7 Å². The van der Waals surface area contributed by atoms with Crippen molar-refractivity contribution >= 4 is 113 Å². The van der Waals surface area contributed by atoms with Gasteiger partial charge in [0.25, 0.3) is 40.5 Å². The third-order valence-corrected chi connectivity index (χ3v) is 14.8. The van der Waals surface area contributed by atoms with Crippen LogP contribution in [-0.4, -0.2) is 63.7 Å². The summed E-state index contributed by atoms with van der Waals surface area (Å²) in [4.78, 5) is -3.50. The van der Waals surface area contributed by atoms with E-state index >= 15 is 0 Å². The molecule has 8 aromatic carbocycles. The molecular formula is C49H41N9O14S4. The van der Waals surface area contributed by atoms with Crippen molar-refractivity contribution in [3.63, 3.8) is 0 Å². The Bertz CT molecular complexity index is 4270. The van der Waals surface area contributed by atoms with Gasteiger partial charge >= 0.3 is 0 Å². The van der Waals surface area contributed by atoms with Crippen molar-refractivity contribution in [2.45, 2.75) is 47.3 Å². The van der Waals surface area contributed by atoms with Crippen LogP contribution in [0.2, 0.25) is 0 Å². The molecule has 23 nitrogen and oxygen atoms in total. The van der Waals surface area contributed by atoms with E-state index in [-0.39, 0.29) is 17.8 Å². The Morgan fingerprint density at radius 3 is 1.49 bits per heavy atom. The summed E-state index contributed by atoms with van der Waals surface area (Å²) in [5.74, 6) is 0.133. The van der Waals surface area contributed by atoms with E-state index in [1.807, 2.05) is 18.2 Å². The molecule has 0 unspecified atom stereocenters. The van der Waals surface area contributed by atoms with E-state index in [0.29, 0.717) is 79.6 Å². The lowest BCUT2D eigenvalue weighted by Crippen LogP contribution is -2.08. The van der Waals surface area contributed by atoms with Crippen LogP contribution < -0.4 is 10.1 Å². The van der Waals surface area contributed by atoms with Crippen LogP contribution in [0.15, 0.2) is 188 Å². The van der Waals surface area contributed by atoms with Gasteiger partial charge in [-0.3, -0.25) is 18.2 Å². The first-order valence-electron chi connectivity index (χ1n) is 22.0. The fourth-order valence-corrected chi connectivity index (χ4v) is 10.1. The lowest BCUT2D eigenvalue weighted by molar-refractivity contribution is 0.347. The lowest BCUT2D eigenvalue weighted by atomic mass is 10.1. The van der Waals surface area contributed by atoms with Gasteiger partial charge in [-0.05, 0) is 170 Å². The number of benzene rings is 8. The predicted molar refractivity (Wildman–Crippen MR) is 279 cm³/mol. The molecule has 0 radical (unpaired) electrons. The molecule has 6 N–H and O–H groups in total. The Hall–Kier alpha value is -8.28. The van der Waals surface area contributed by atoms with Gasteiger partial charge in [0.05, 0.1) is 39.0 Å². The first kappa shape index (κ1) is 54.0. The van der Waals surface area contributed by atoms with E-state index in [4.69, 9.17) is 4.74 Å². The van der Waals surface area contributed by atoms with E-state index < -0.39 is 88.0 Å². The Kier molecular flexibility index (Phi) is 15.0. The number of aromatic hydroxyl groups is 1. The van der Waals surface area contributed by atoms with Gasteiger partial charge in [-0.25, -0.2) is 0 Å². The van der Waals surface area contributed by atoms with Crippen LogP contribution in [0, 0.1) is 27.7 Å². The van der Waals surface area contributed by atoms with Crippen LogP contribution >= 0.6 is 0 Å². The summed E-state index contributed by atoms with van der Waals surface area (Å²) in [6.45, 7) is 7.01. The minimum atomic E-state index is -5.14. The second-order valence-corrected chi connectivity index (χ2v) is 22.4. The molecule has 0 fully saturated rings. The number of azo groups is 4. The summed E-state index contributed by atoms with van der Waals surface area (Å²) < 4.78 is 143. The fraction of sp³-hybridized carbons (Fsp3) is 0.102. The Morgan fingerprint density at radius 1 is 0.434 bits per heavy atom. The number of nitrogens with zero attached hydrogens (tertiary/aromatic N) is 8. The fourth-order valence-electron chi connectivity index (χ4n) is 7.50. The van der Waals surface area contributed by atoms with E-state index in [1.54, 1.807) is 94.4 Å². The van der Waals surface area contributed by atoms with Crippen LogP contribution in [-0.2, 0) is 40.5 Å². The molecular weight excluding hydrogens is 1070 g/mol. The number of fused-ring (bicyclic) bond motifs is 2. The second-order valence-electron chi connectivity index (χ2n) is 16.8. The van der Waals surface area contributed by atoms with E-state index in [0.717, 1.165) is 12.1 Å². The number of para-hydroxylation sites is 1. The highest BCUT2D eigenvalue weighted by molar-refractivity contribution is 7.87. The average molecular weight is 1110 g/mol. The number of rotatable bonds is 16. The van der Waals surface area contributed by atoms with Crippen molar-refractivity contribution in [1.82, 2.24) is 0 Å². The van der Waals surface area contributed by atoms with Crippen LogP contribution in [0.25, 0.3) is 21.5 Å². The molecule has 0 heterocycles. The molecule has 0 atom stereocenters. The zero-order valence-electron chi connectivity index (χ0n) is 40.0. The summed E-state index contributed by atoms with van der Waals surface area (Å²) in [5, 5.41) is 47.8. The SMILES string of the molecule is Cc1cc(N=Nc2cc(C)c(N=Nc3c(S(=O)(=O)O)cc4cc(NCOc5ccccc5)ccc4c3O)cc2C)ccc1N=Nc1ccc(N=Nc2cc3c(S(=O)(=O)O)cc(S(=O)(=O)O)cc3cc2S(=O)(=O)O)c(C)c1. The summed E-state index contributed by atoms with van der Waals surface area (Å²) in [7, 11) is -20.1. The zero-order chi connectivity index (χ0) is 54.9. The normalized spacial score (nSPS) is 12.8. The number of phenolic OH excluding ortho intramolecular Hbond substituents is 1. The molecule has 0 aromatic heterocycles. The molecule has 0 aliphatic rings. The number of hydrogen-bond acceptors (Lipinski definition) is 19. The largest absolute Gasteiger partial charge is 0.505 e. The van der Waals surface area contributed by atoms with Gasteiger partial charge in [0.2, 0.25) is 0 Å². The molecule has 8 aromatic rings. The monoisotopic (exact) mass is 1110 g/mol. The van der Waals surface area contributed by atoms with Gasteiger partial charge in [-0.15, -0.1) is 10.2 Å². The topological polar surface area (TPSA) is 358 Å². The summed E-state index contributed by atoms with van der Waals surface area (Å²) in [6.07, 6.45) is 0. The number of aryl methyl sites for hydroxylation is 4. The number of ether oxygens (including phenoxy) is 1. The van der Waals surface area contributed by atoms with Crippen LogP contribution in [0.3, 0.4) is 0 Å². The molecule has 0 aliphatic carbocycles. The molecule has 0 spiro atoms. The van der Waals surface area contributed by atoms with Crippen molar-refractivity contribution in [1.29, 1.82) is 0 Å². The minimum Gasteiger partial charge on any atom is -0.505 e. The predicted octanol–water partition coefficient (Wildman–Crippen LogP) is 13.0. The molecule has 0 bridgehead atoms. The summed E-state index contributed by atoms with van der Waals surface area (Å²) in [6, 6.07) is 30.9. The van der Waals surface area contributed by atoms with Crippen LogP contribution in [0.5, 0.6) is 11.5 Å². The molecule has 0 aliphatic heterocycles. The van der Waals surface area contributed by atoms with Gasteiger partial charge in [0.1, 0.15) is 31.8 Å². The lowest BCUT2D eigenvalue weighted by Gasteiger charge is -2.12. The van der Waals surface area contributed by atoms with Crippen LogP contribution in [0.1, 0.15) is 22.3 Å². The third kappa shape index (κ3) is 12.4. The van der Waals surface area contributed by atoms with Gasteiger partial charge in [0, 0.05) is 16.5 Å². The van der Waals surface area contributed by atoms with Gasteiger partial charge in [-0.1, -0.05) is 18.2 Å². The quantitative estimate of drug-likeness (QED) is 0.0297. The number of hydrogen-bond donors (Lipinski definition) is 6. The number of nitrogens with one attached hydrogen (secondary N) is 1. The van der Waals surface area contributed by atoms with Gasteiger partial charge in [-0.2, -0.15) is 64.4 Å². The summed E-state index contributed by atoms with van der Waals surface area (Å²) >= 11 is 0. The Labute approximate surface area is 434 Å². The van der Waals surface area contributed by atoms with E-state index in [2.05, 4.69) is 46.2 Å². The van der Waals surface area contributed by atoms with Crippen LogP contribution in [0.4, 0.5) is 51.2 Å². The first-order chi connectivity index (χ1) is 35.7. The molecule has 390 valence electrons. The zero-order valence-corrected chi connectivity index (χ0v) is 43.2. The van der Waals surface area contributed by atoms with Crippen molar-refractivity contribution in [3.8, 4) is 11.5 Å². The Balaban J connectivity index is 0.961. The smallest absolute Gasteiger partial charge is 0.296 e. The first-order valence-corrected chi connectivity index (χ1v) is 27.7. The molecule has 27 heteroatoms. The van der Waals surface area contributed by atoms with Gasteiger partial charge < -0.3 is 15.2 Å².